The molecule has 0 spiro atoms. The summed E-state index contributed by atoms with van der Waals surface area (Å²) in [5.74, 6) is 0. The molecule has 0 aromatic heterocycles. The molecule has 220 valence electrons. The Morgan fingerprint density at radius 2 is 0.933 bits per heavy atom. The third kappa shape index (κ3) is 5.63. The Hall–Kier alpha value is -5.14. The van der Waals surface area contributed by atoms with Gasteiger partial charge in [-0.3, -0.25) is 0 Å². The van der Waals surface area contributed by atoms with Gasteiger partial charge in [-0.05, 0) is 105 Å². The number of anilines is 3. The van der Waals surface area contributed by atoms with Crippen molar-refractivity contribution in [2.24, 2.45) is 0 Å². The largest absolute Gasteiger partial charge is 0.310 e. The van der Waals surface area contributed by atoms with E-state index in [0.717, 1.165) is 37.1 Å². The normalized spacial score (nSPS) is 12.0. The molecule has 0 heterocycles. The number of nitrogens with zero attached hydrogens (tertiary/aromatic N) is 1. The Kier molecular flexibility index (Phi) is 8.17. The molecule has 1 nitrogen and oxygen atoms in total. The lowest BCUT2D eigenvalue weighted by Gasteiger charge is -2.27. The van der Waals surface area contributed by atoms with E-state index in [2.05, 4.69) is 170 Å². The topological polar surface area (TPSA) is 3.24 Å². The minimum absolute atomic E-state index is 1.06. The van der Waals surface area contributed by atoms with Gasteiger partial charge in [-0.1, -0.05) is 136 Å². The highest BCUT2D eigenvalue weighted by Gasteiger charge is 2.18. The van der Waals surface area contributed by atoms with Crippen LogP contribution in [0.4, 0.5) is 17.1 Å². The van der Waals surface area contributed by atoms with Crippen molar-refractivity contribution in [3.05, 3.63) is 163 Å². The monoisotopic (exact) mass is 581 g/mol. The second-order valence-electron chi connectivity index (χ2n) is 11.9. The second kappa shape index (κ2) is 12.8. The lowest BCUT2D eigenvalue weighted by atomic mass is 9.87. The van der Waals surface area contributed by atoms with E-state index in [9.17, 15) is 0 Å². The molecule has 0 amide bonds. The van der Waals surface area contributed by atoms with Gasteiger partial charge in [0.25, 0.3) is 0 Å². The van der Waals surface area contributed by atoms with Crippen LogP contribution in [-0.2, 0) is 0 Å². The maximum Gasteiger partial charge on any atom is 0.0546 e. The quantitative estimate of drug-likeness (QED) is 0.121. The molecule has 45 heavy (non-hydrogen) atoms. The number of para-hydroxylation sites is 2. The summed E-state index contributed by atoms with van der Waals surface area (Å²) in [6, 6.07) is 55.5. The fourth-order valence-corrected chi connectivity index (χ4v) is 6.85. The maximum atomic E-state index is 2.46. The van der Waals surface area contributed by atoms with Gasteiger partial charge in [-0.2, -0.15) is 0 Å². The van der Waals surface area contributed by atoms with E-state index in [1.807, 2.05) is 0 Å². The van der Waals surface area contributed by atoms with Crippen LogP contribution >= 0.6 is 0 Å². The summed E-state index contributed by atoms with van der Waals surface area (Å²) in [7, 11) is 0. The molecule has 0 fully saturated rings. The van der Waals surface area contributed by atoms with Crippen LogP contribution in [0.2, 0.25) is 0 Å². The van der Waals surface area contributed by atoms with E-state index in [-0.39, 0.29) is 0 Å². The summed E-state index contributed by atoms with van der Waals surface area (Å²) in [6.07, 6.45) is 4.34. The number of allylic oxidation sites excluding steroid dienone is 2. The van der Waals surface area contributed by atoms with Gasteiger partial charge < -0.3 is 4.90 Å². The predicted octanol–water partition coefficient (Wildman–Crippen LogP) is 13.1. The van der Waals surface area contributed by atoms with Gasteiger partial charge >= 0.3 is 0 Å². The first kappa shape index (κ1) is 28.6. The van der Waals surface area contributed by atoms with E-state index in [0.29, 0.717) is 0 Å². The Morgan fingerprint density at radius 3 is 1.56 bits per heavy atom. The molecule has 0 atom stereocenters. The van der Waals surface area contributed by atoms with E-state index < -0.39 is 0 Å². The van der Waals surface area contributed by atoms with Crippen molar-refractivity contribution >= 4 is 60.5 Å². The van der Waals surface area contributed by atoms with Crippen LogP contribution < -0.4 is 4.90 Å². The van der Waals surface area contributed by atoms with Crippen LogP contribution in [0.3, 0.4) is 0 Å². The van der Waals surface area contributed by atoms with Gasteiger partial charge in [0.05, 0.1) is 5.69 Å². The molecule has 0 bridgehead atoms. The molecule has 1 heteroatoms. The van der Waals surface area contributed by atoms with Crippen molar-refractivity contribution in [1.82, 2.24) is 0 Å². The Labute approximate surface area is 267 Å². The molecule has 0 aliphatic heterocycles. The summed E-state index contributed by atoms with van der Waals surface area (Å²) >= 11 is 0. The predicted molar refractivity (Wildman–Crippen MR) is 197 cm³/mol. The molecule has 0 radical (unpaired) electrons. The molecule has 0 aliphatic carbocycles. The molecular weight excluding hydrogens is 542 g/mol. The third-order valence-electron chi connectivity index (χ3n) is 8.92. The minimum atomic E-state index is 1.06. The molecule has 0 aliphatic rings. The van der Waals surface area contributed by atoms with E-state index in [1.165, 1.54) is 60.3 Å². The zero-order chi connectivity index (χ0) is 30.6. The van der Waals surface area contributed by atoms with Gasteiger partial charge in [0.15, 0.2) is 0 Å². The van der Waals surface area contributed by atoms with Gasteiger partial charge in [0.1, 0.15) is 0 Å². The second-order valence-corrected chi connectivity index (χ2v) is 11.9. The maximum absolute atomic E-state index is 2.46. The first-order valence-corrected chi connectivity index (χ1v) is 16.3. The number of hydrogen-bond donors (Lipinski definition) is 0. The lowest BCUT2D eigenvalue weighted by molar-refractivity contribution is 0.945. The summed E-state index contributed by atoms with van der Waals surface area (Å²) in [5, 5.41) is 7.68. The number of benzene rings is 7. The lowest BCUT2D eigenvalue weighted by Crippen LogP contribution is -2.10. The van der Waals surface area contributed by atoms with Crippen LogP contribution in [0, 0.1) is 0 Å². The van der Waals surface area contributed by atoms with Crippen molar-refractivity contribution < 1.29 is 0 Å². The Bertz CT molecular complexity index is 2080. The molecule has 7 aromatic rings. The molecule has 0 N–H and O–H groups in total. The Balaban J connectivity index is 1.44. The van der Waals surface area contributed by atoms with Crippen LogP contribution in [0.15, 0.2) is 152 Å². The summed E-state index contributed by atoms with van der Waals surface area (Å²) in [5.41, 5.74) is 9.12. The molecule has 0 unspecified atom stereocenters. The summed E-state index contributed by atoms with van der Waals surface area (Å²) < 4.78 is 0. The zero-order valence-electron chi connectivity index (χ0n) is 26.2. The number of rotatable bonds is 9. The zero-order valence-corrected chi connectivity index (χ0v) is 26.2. The van der Waals surface area contributed by atoms with Crippen molar-refractivity contribution in [2.75, 3.05) is 4.90 Å². The SMILES string of the molecule is CCC/C(=C(/CCC)c1ccc2cc(N(c3ccccc3)c3ccccc3)c3ccccc3c2c1)c1ccc2ccccc2c1. The number of hydrogen-bond acceptors (Lipinski definition) is 1. The van der Waals surface area contributed by atoms with Crippen LogP contribution in [-0.4, -0.2) is 0 Å². The van der Waals surface area contributed by atoms with Crippen LogP contribution in [0.5, 0.6) is 0 Å². The summed E-state index contributed by atoms with van der Waals surface area (Å²) in [6.45, 7) is 4.60. The highest BCUT2D eigenvalue weighted by atomic mass is 15.1. The van der Waals surface area contributed by atoms with Crippen LogP contribution in [0.25, 0.3) is 43.5 Å². The fraction of sp³-hybridized carbons (Fsp3) is 0.136. The van der Waals surface area contributed by atoms with Crippen LogP contribution in [0.1, 0.15) is 50.7 Å². The van der Waals surface area contributed by atoms with Gasteiger partial charge in [-0.25, -0.2) is 0 Å². The molecule has 0 saturated carbocycles. The van der Waals surface area contributed by atoms with E-state index >= 15 is 0 Å². The van der Waals surface area contributed by atoms with Crippen molar-refractivity contribution in [3.63, 3.8) is 0 Å². The van der Waals surface area contributed by atoms with Crippen molar-refractivity contribution in [3.8, 4) is 0 Å². The van der Waals surface area contributed by atoms with Gasteiger partial charge in [0.2, 0.25) is 0 Å². The first-order valence-electron chi connectivity index (χ1n) is 16.3. The fourth-order valence-electron chi connectivity index (χ4n) is 6.85. The first-order chi connectivity index (χ1) is 22.2. The highest BCUT2D eigenvalue weighted by molar-refractivity contribution is 6.15. The molecular formula is C44H39N. The third-order valence-corrected chi connectivity index (χ3v) is 8.92. The van der Waals surface area contributed by atoms with E-state index in [4.69, 9.17) is 0 Å². The highest BCUT2D eigenvalue weighted by Crippen LogP contribution is 2.43. The Morgan fingerprint density at radius 1 is 0.422 bits per heavy atom. The average molecular weight is 582 g/mol. The van der Waals surface area contributed by atoms with Gasteiger partial charge in [-0.15, -0.1) is 0 Å². The van der Waals surface area contributed by atoms with Crippen molar-refractivity contribution in [1.29, 1.82) is 0 Å². The van der Waals surface area contributed by atoms with E-state index in [1.54, 1.807) is 0 Å². The molecule has 7 rings (SSSR count). The smallest absolute Gasteiger partial charge is 0.0546 e. The minimum Gasteiger partial charge on any atom is -0.310 e. The summed E-state index contributed by atoms with van der Waals surface area (Å²) in [4.78, 5) is 2.39. The standard InChI is InChI=1S/C44H39N/c1-3-15-39(34-26-25-32-17-11-12-18-33(32)29-34)40(16-4-2)35-27-28-36-31-44(42-24-14-13-23-41(42)43(36)30-35)45(37-19-7-5-8-20-37)38-21-9-6-10-22-38/h5-14,17-31H,3-4,15-16H2,1-2H3/b40-39+. The van der Waals surface area contributed by atoms with Crippen molar-refractivity contribution in [2.45, 2.75) is 39.5 Å². The van der Waals surface area contributed by atoms with Gasteiger partial charge in [0, 0.05) is 16.8 Å². The molecule has 7 aromatic carbocycles. The average Bonchev–Trinajstić information content (AvgIpc) is 3.10. The number of fused-ring (bicyclic) bond motifs is 4. The molecule has 0 saturated heterocycles.